The Balaban J connectivity index is 2.32. The molecule has 1 heterocycles. The van der Waals surface area contributed by atoms with Crippen LogP contribution in [0.15, 0.2) is 27.1 Å². The van der Waals surface area contributed by atoms with Gasteiger partial charge in [0, 0.05) is 33.6 Å². The van der Waals surface area contributed by atoms with Crippen LogP contribution in [0.5, 0.6) is 0 Å². The predicted molar refractivity (Wildman–Crippen MR) is 85.3 cm³/mol. The quantitative estimate of drug-likeness (QED) is 0.834. The van der Waals surface area contributed by atoms with Crippen LogP contribution < -0.4 is 10.2 Å². The molecule has 100 valence electrons. The molecular formula is C14H20Br2N2. The number of rotatable bonds is 2. The smallest absolute Gasteiger partial charge is 0.0525 e. The van der Waals surface area contributed by atoms with E-state index in [-0.39, 0.29) is 5.54 Å². The van der Waals surface area contributed by atoms with Crippen molar-refractivity contribution >= 4 is 37.5 Å². The SMILES string of the molecule is CCC1(C)CN(c2cc(Br)ccc2Br)C(C)CN1. The number of hydrogen-bond donors (Lipinski definition) is 1. The molecule has 1 aromatic rings. The highest BCUT2D eigenvalue weighted by Crippen LogP contribution is 2.33. The molecule has 0 spiro atoms. The lowest BCUT2D eigenvalue weighted by Crippen LogP contribution is -2.62. The second-order valence-corrected chi connectivity index (χ2v) is 7.14. The second kappa shape index (κ2) is 5.51. The van der Waals surface area contributed by atoms with Gasteiger partial charge in [-0.1, -0.05) is 22.9 Å². The molecular weight excluding hydrogens is 356 g/mol. The molecule has 2 nitrogen and oxygen atoms in total. The minimum Gasteiger partial charge on any atom is -0.365 e. The highest BCUT2D eigenvalue weighted by Gasteiger charge is 2.33. The Morgan fingerprint density at radius 3 is 2.83 bits per heavy atom. The fraction of sp³-hybridized carbons (Fsp3) is 0.571. The van der Waals surface area contributed by atoms with Gasteiger partial charge in [0.1, 0.15) is 0 Å². The molecule has 2 unspecified atom stereocenters. The van der Waals surface area contributed by atoms with Gasteiger partial charge >= 0.3 is 0 Å². The maximum absolute atomic E-state index is 3.67. The zero-order valence-electron chi connectivity index (χ0n) is 11.1. The molecule has 0 aromatic heterocycles. The minimum atomic E-state index is 0.203. The number of benzene rings is 1. The third kappa shape index (κ3) is 2.91. The molecule has 2 atom stereocenters. The molecule has 1 N–H and O–H groups in total. The Hall–Kier alpha value is -0.0600. The molecule has 0 saturated carbocycles. The van der Waals surface area contributed by atoms with E-state index < -0.39 is 0 Å². The maximum atomic E-state index is 3.67. The summed E-state index contributed by atoms with van der Waals surface area (Å²) in [7, 11) is 0. The Morgan fingerprint density at radius 1 is 1.44 bits per heavy atom. The zero-order chi connectivity index (χ0) is 13.3. The van der Waals surface area contributed by atoms with Crippen LogP contribution in [0.25, 0.3) is 0 Å². The third-order valence-corrected chi connectivity index (χ3v) is 5.04. The van der Waals surface area contributed by atoms with Gasteiger partial charge in [0.2, 0.25) is 0 Å². The van der Waals surface area contributed by atoms with Crippen molar-refractivity contribution < 1.29 is 0 Å². The molecule has 1 fully saturated rings. The van der Waals surface area contributed by atoms with Crippen LogP contribution in [0.2, 0.25) is 0 Å². The van der Waals surface area contributed by atoms with Crippen molar-refractivity contribution in [2.45, 2.75) is 38.8 Å². The second-order valence-electron chi connectivity index (χ2n) is 5.37. The summed E-state index contributed by atoms with van der Waals surface area (Å²) in [6.07, 6.45) is 1.14. The first-order valence-electron chi connectivity index (χ1n) is 6.42. The van der Waals surface area contributed by atoms with E-state index in [4.69, 9.17) is 0 Å². The van der Waals surface area contributed by atoms with Gasteiger partial charge in [-0.2, -0.15) is 0 Å². The van der Waals surface area contributed by atoms with E-state index in [0.29, 0.717) is 6.04 Å². The van der Waals surface area contributed by atoms with Crippen molar-refractivity contribution in [2.24, 2.45) is 0 Å². The lowest BCUT2D eigenvalue weighted by molar-refractivity contribution is 0.285. The molecule has 2 rings (SSSR count). The molecule has 18 heavy (non-hydrogen) atoms. The standard InChI is InChI=1S/C14H20Br2N2/c1-4-14(3)9-18(10(2)8-17-14)13-7-11(15)5-6-12(13)16/h5-7,10,17H,4,8-9H2,1-3H3. The highest BCUT2D eigenvalue weighted by molar-refractivity contribution is 9.11. The van der Waals surface area contributed by atoms with Gasteiger partial charge in [0.25, 0.3) is 0 Å². The molecule has 0 aliphatic carbocycles. The third-order valence-electron chi connectivity index (χ3n) is 3.87. The van der Waals surface area contributed by atoms with Crippen molar-refractivity contribution in [1.82, 2.24) is 5.32 Å². The summed E-state index contributed by atoms with van der Waals surface area (Å²) in [5, 5.41) is 3.66. The van der Waals surface area contributed by atoms with Crippen LogP contribution in [0.3, 0.4) is 0 Å². The number of nitrogens with zero attached hydrogens (tertiary/aromatic N) is 1. The van der Waals surface area contributed by atoms with Gasteiger partial charge in [0.15, 0.2) is 0 Å². The monoisotopic (exact) mass is 374 g/mol. The normalized spacial score (nSPS) is 28.5. The molecule has 1 saturated heterocycles. The fourth-order valence-corrected chi connectivity index (χ4v) is 3.18. The predicted octanol–water partition coefficient (Wildman–Crippen LogP) is 4.18. The van der Waals surface area contributed by atoms with Gasteiger partial charge < -0.3 is 10.2 Å². The topological polar surface area (TPSA) is 15.3 Å². The number of piperazine rings is 1. The van der Waals surface area contributed by atoms with Gasteiger partial charge in [0.05, 0.1) is 5.69 Å². The summed E-state index contributed by atoms with van der Waals surface area (Å²) >= 11 is 7.24. The van der Waals surface area contributed by atoms with Gasteiger partial charge in [-0.05, 0) is 54.4 Å². The van der Waals surface area contributed by atoms with Crippen LogP contribution in [-0.2, 0) is 0 Å². The van der Waals surface area contributed by atoms with Crippen molar-refractivity contribution in [3.8, 4) is 0 Å². The summed E-state index contributed by atoms with van der Waals surface area (Å²) < 4.78 is 2.29. The average Bonchev–Trinajstić information content (AvgIpc) is 2.36. The number of anilines is 1. The van der Waals surface area contributed by atoms with Crippen LogP contribution in [0.1, 0.15) is 27.2 Å². The van der Waals surface area contributed by atoms with Crippen LogP contribution in [0, 0.1) is 0 Å². The number of halogens is 2. The van der Waals surface area contributed by atoms with Gasteiger partial charge in [-0.15, -0.1) is 0 Å². The Labute approximate surface area is 126 Å². The summed E-state index contributed by atoms with van der Waals surface area (Å²) in [6.45, 7) is 8.90. The number of hydrogen-bond acceptors (Lipinski definition) is 2. The first-order chi connectivity index (χ1) is 8.45. The van der Waals surface area contributed by atoms with Crippen LogP contribution in [0.4, 0.5) is 5.69 Å². The lowest BCUT2D eigenvalue weighted by atomic mass is 9.93. The Kier molecular flexibility index (Phi) is 4.40. The van der Waals surface area contributed by atoms with Crippen molar-refractivity contribution in [2.75, 3.05) is 18.0 Å². The first-order valence-corrected chi connectivity index (χ1v) is 8.00. The lowest BCUT2D eigenvalue weighted by Gasteiger charge is -2.46. The molecule has 4 heteroatoms. The summed E-state index contributed by atoms with van der Waals surface area (Å²) in [5.74, 6) is 0. The molecule has 1 aliphatic heterocycles. The van der Waals surface area contributed by atoms with Crippen molar-refractivity contribution in [3.05, 3.63) is 27.1 Å². The molecule has 0 bridgehead atoms. The van der Waals surface area contributed by atoms with E-state index in [0.717, 1.165) is 28.5 Å². The van der Waals surface area contributed by atoms with Gasteiger partial charge in [-0.3, -0.25) is 0 Å². The summed E-state index contributed by atoms with van der Waals surface area (Å²) in [6, 6.07) is 6.88. The Bertz CT molecular complexity index is 436. The minimum absolute atomic E-state index is 0.203. The van der Waals surface area contributed by atoms with E-state index in [9.17, 15) is 0 Å². The molecule has 0 radical (unpaired) electrons. The van der Waals surface area contributed by atoms with E-state index in [2.05, 4.69) is 81.0 Å². The molecule has 1 aromatic carbocycles. The average molecular weight is 376 g/mol. The summed E-state index contributed by atoms with van der Waals surface area (Å²) in [5.41, 5.74) is 1.48. The van der Waals surface area contributed by atoms with Crippen molar-refractivity contribution in [3.63, 3.8) is 0 Å². The van der Waals surface area contributed by atoms with Gasteiger partial charge in [-0.25, -0.2) is 0 Å². The van der Waals surface area contributed by atoms with E-state index in [1.165, 1.54) is 5.69 Å². The van der Waals surface area contributed by atoms with Crippen LogP contribution in [-0.4, -0.2) is 24.7 Å². The molecule has 1 aliphatic rings. The number of nitrogens with one attached hydrogen (secondary N) is 1. The first kappa shape index (κ1) is 14.4. The van der Waals surface area contributed by atoms with E-state index >= 15 is 0 Å². The summed E-state index contributed by atoms with van der Waals surface area (Å²) in [4.78, 5) is 2.49. The zero-order valence-corrected chi connectivity index (χ0v) is 14.3. The largest absolute Gasteiger partial charge is 0.365 e. The highest BCUT2D eigenvalue weighted by atomic mass is 79.9. The van der Waals surface area contributed by atoms with Crippen molar-refractivity contribution in [1.29, 1.82) is 0 Å². The Morgan fingerprint density at radius 2 is 2.17 bits per heavy atom. The fourth-order valence-electron chi connectivity index (χ4n) is 2.36. The molecule has 0 amide bonds. The van der Waals surface area contributed by atoms with E-state index in [1.807, 2.05) is 0 Å². The van der Waals surface area contributed by atoms with Crippen LogP contribution >= 0.6 is 31.9 Å². The maximum Gasteiger partial charge on any atom is 0.0525 e. The van der Waals surface area contributed by atoms with E-state index in [1.54, 1.807) is 0 Å².